The SMILES string of the molecule is CC(C)(C)OC(=O)C1CC(N2C[C@@H]3NCC(F)(F)[C@@H]3C2)C1. The van der Waals surface area contributed by atoms with Crippen LogP contribution in [0.5, 0.6) is 0 Å². The molecule has 0 radical (unpaired) electrons. The fourth-order valence-electron chi connectivity index (χ4n) is 3.63. The van der Waals surface area contributed by atoms with E-state index < -0.39 is 17.4 Å². The maximum absolute atomic E-state index is 13.7. The third-order valence-electron chi connectivity index (χ3n) is 4.86. The number of carbonyl (C=O) groups is 1. The predicted octanol–water partition coefficient (Wildman–Crippen LogP) is 1.65. The van der Waals surface area contributed by atoms with Crippen LogP contribution in [0.1, 0.15) is 33.6 Å². The Labute approximate surface area is 124 Å². The molecule has 6 heteroatoms. The lowest BCUT2D eigenvalue weighted by atomic mass is 9.79. The Morgan fingerprint density at radius 1 is 1.29 bits per heavy atom. The first kappa shape index (κ1) is 15.2. The molecule has 0 bridgehead atoms. The van der Waals surface area contributed by atoms with Crippen LogP contribution in [-0.4, -0.2) is 54.1 Å². The van der Waals surface area contributed by atoms with Crippen LogP contribution >= 0.6 is 0 Å². The number of nitrogens with one attached hydrogen (secondary N) is 1. The Balaban J connectivity index is 1.49. The lowest BCUT2D eigenvalue weighted by molar-refractivity contribution is -0.165. The third kappa shape index (κ3) is 2.93. The van der Waals surface area contributed by atoms with E-state index in [0.717, 1.165) is 12.8 Å². The fourth-order valence-corrected chi connectivity index (χ4v) is 3.63. The molecule has 4 nitrogen and oxygen atoms in total. The summed E-state index contributed by atoms with van der Waals surface area (Å²) in [5, 5.41) is 2.92. The quantitative estimate of drug-likeness (QED) is 0.788. The van der Waals surface area contributed by atoms with Crippen molar-refractivity contribution in [1.29, 1.82) is 0 Å². The summed E-state index contributed by atoms with van der Waals surface area (Å²) in [7, 11) is 0. The first-order valence-electron chi connectivity index (χ1n) is 7.74. The lowest BCUT2D eigenvalue weighted by Crippen LogP contribution is -2.49. The first-order valence-corrected chi connectivity index (χ1v) is 7.74. The molecule has 1 aliphatic carbocycles. The molecule has 3 aliphatic rings. The van der Waals surface area contributed by atoms with Crippen molar-refractivity contribution < 1.29 is 18.3 Å². The molecule has 0 unspecified atom stereocenters. The molecule has 0 aromatic carbocycles. The van der Waals surface area contributed by atoms with Gasteiger partial charge < -0.3 is 10.1 Å². The largest absolute Gasteiger partial charge is 0.460 e. The summed E-state index contributed by atoms with van der Waals surface area (Å²) in [4.78, 5) is 14.0. The lowest BCUT2D eigenvalue weighted by Gasteiger charge is -2.41. The summed E-state index contributed by atoms with van der Waals surface area (Å²) in [6.45, 7) is 6.49. The molecule has 2 heterocycles. The zero-order chi connectivity index (χ0) is 15.4. The fraction of sp³-hybridized carbons (Fsp3) is 0.933. The van der Waals surface area contributed by atoms with Crippen LogP contribution in [0.4, 0.5) is 8.78 Å². The van der Waals surface area contributed by atoms with Gasteiger partial charge in [-0.1, -0.05) is 0 Å². The molecule has 1 N–H and O–H groups in total. The minimum atomic E-state index is -2.59. The van der Waals surface area contributed by atoms with Gasteiger partial charge in [0.15, 0.2) is 0 Å². The van der Waals surface area contributed by atoms with E-state index in [9.17, 15) is 13.6 Å². The molecule has 3 rings (SSSR count). The molecular formula is C15H24F2N2O2. The Kier molecular flexibility index (Phi) is 3.52. The van der Waals surface area contributed by atoms with E-state index in [1.54, 1.807) is 0 Å². The van der Waals surface area contributed by atoms with Crippen LogP contribution in [0.3, 0.4) is 0 Å². The summed E-state index contributed by atoms with van der Waals surface area (Å²) in [6, 6.07) is 0.159. The van der Waals surface area contributed by atoms with E-state index in [0.29, 0.717) is 13.1 Å². The second-order valence-corrected chi connectivity index (χ2v) is 7.66. The number of hydrogen-bond donors (Lipinski definition) is 1. The minimum absolute atomic E-state index is 0.0665. The van der Waals surface area contributed by atoms with Gasteiger partial charge in [0, 0.05) is 25.2 Å². The van der Waals surface area contributed by atoms with Crippen molar-refractivity contribution in [3.8, 4) is 0 Å². The molecule has 2 aliphatic heterocycles. The van der Waals surface area contributed by atoms with Gasteiger partial charge in [0.2, 0.25) is 0 Å². The Hall–Kier alpha value is -0.750. The molecule has 0 aromatic heterocycles. The first-order chi connectivity index (χ1) is 9.66. The van der Waals surface area contributed by atoms with Crippen LogP contribution in [-0.2, 0) is 9.53 Å². The van der Waals surface area contributed by atoms with Gasteiger partial charge in [0.05, 0.1) is 18.4 Å². The normalized spacial score (nSPS) is 38.9. The van der Waals surface area contributed by atoms with Gasteiger partial charge in [-0.3, -0.25) is 9.69 Å². The average Bonchev–Trinajstić information content (AvgIpc) is 2.76. The number of ether oxygens (including phenoxy) is 1. The molecule has 3 fully saturated rings. The highest BCUT2D eigenvalue weighted by atomic mass is 19.3. The van der Waals surface area contributed by atoms with Crippen LogP contribution in [0, 0.1) is 11.8 Å². The van der Waals surface area contributed by atoms with Crippen molar-refractivity contribution in [3.63, 3.8) is 0 Å². The molecule has 120 valence electrons. The van der Waals surface area contributed by atoms with Gasteiger partial charge in [-0.05, 0) is 33.6 Å². The highest BCUT2D eigenvalue weighted by Gasteiger charge is 2.56. The van der Waals surface area contributed by atoms with Crippen molar-refractivity contribution in [2.75, 3.05) is 19.6 Å². The molecule has 0 aromatic rings. The highest BCUT2D eigenvalue weighted by molar-refractivity contribution is 5.74. The van der Waals surface area contributed by atoms with E-state index in [4.69, 9.17) is 4.74 Å². The van der Waals surface area contributed by atoms with E-state index in [1.165, 1.54) is 0 Å². The number of nitrogens with zero attached hydrogens (tertiary/aromatic N) is 1. The summed E-state index contributed by atoms with van der Waals surface area (Å²) in [5.74, 6) is -3.38. The van der Waals surface area contributed by atoms with Crippen molar-refractivity contribution in [3.05, 3.63) is 0 Å². The second-order valence-electron chi connectivity index (χ2n) is 7.66. The maximum atomic E-state index is 13.7. The Morgan fingerprint density at radius 3 is 2.52 bits per heavy atom. The van der Waals surface area contributed by atoms with Gasteiger partial charge in [-0.2, -0.15) is 0 Å². The summed E-state index contributed by atoms with van der Waals surface area (Å²) in [5.41, 5.74) is -0.460. The molecular weight excluding hydrogens is 278 g/mol. The molecule has 1 saturated carbocycles. The average molecular weight is 302 g/mol. The number of alkyl halides is 2. The molecule has 0 amide bonds. The van der Waals surface area contributed by atoms with Crippen LogP contribution in [0.2, 0.25) is 0 Å². The topological polar surface area (TPSA) is 41.6 Å². The number of carbonyl (C=O) groups excluding carboxylic acids is 1. The highest BCUT2D eigenvalue weighted by Crippen LogP contribution is 2.42. The van der Waals surface area contributed by atoms with E-state index in [-0.39, 0.29) is 30.5 Å². The molecule has 21 heavy (non-hydrogen) atoms. The minimum Gasteiger partial charge on any atom is -0.460 e. The van der Waals surface area contributed by atoms with Gasteiger partial charge in [-0.25, -0.2) is 8.78 Å². The Bertz CT molecular complexity index is 430. The number of halogens is 2. The Morgan fingerprint density at radius 2 is 1.95 bits per heavy atom. The van der Waals surface area contributed by atoms with Gasteiger partial charge in [0.25, 0.3) is 5.92 Å². The molecule has 2 atom stereocenters. The van der Waals surface area contributed by atoms with Crippen molar-refractivity contribution >= 4 is 5.97 Å². The smallest absolute Gasteiger partial charge is 0.309 e. The summed E-state index contributed by atoms with van der Waals surface area (Å²) < 4.78 is 32.7. The number of esters is 1. The number of fused-ring (bicyclic) bond motifs is 1. The number of hydrogen-bond acceptors (Lipinski definition) is 4. The standard InChI is InChI=1S/C15H24F2N2O2/c1-14(2,3)21-13(20)9-4-10(5-9)19-6-11-12(7-19)18-8-15(11,16)17/h9-12,18H,4-8H2,1-3H3/t9?,10?,11-,12+/m1/s1. The van der Waals surface area contributed by atoms with Crippen LogP contribution < -0.4 is 5.32 Å². The third-order valence-corrected chi connectivity index (χ3v) is 4.86. The van der Waals surface area contributed by atoms with Crippen molar-refractivity contribution in [1.82, 2.24) is 10.2 Å². The monoisotopic (exact) mass is 302 g/mol. The van der Waals surface area contributed by atoms with Crippen LogP contribution in [0.15, 0.2) is 0 Å². The summed E-state index contributed by atoms with van der Waals surface area (Å²) >= 11 is 0. The zero-order valence-electron chi connectivity index (χ0n) is 12.9. The van der Waals surface area contributed by atoms with Gasteiger partial charge in [0.1, 0.15) is 5.60 Å². The van der Waals surface area contributed by atoms with E-state index in [1.807, 2.05) is 20.8 Å². The predicted molar refractivity (Wildman–Crippen MR) is 74.2 cm³/mol. The van der Waals surface area contributed by atoms with Gasteiger partial charge in [-0.15, -0.1) is 0 Å². The van der Waals surface area contributed by atoms with E-state index >= 15 is 0 Å². The van der Waals surface area contributed by atoms with Gasteiger partial charge >= 0.3 is 5.97 Å². The number of likely N-dealkylation sites (tertiary alicyclic amines) is 1. The van der Waals surface area contributed by atoms with Crippen molar-refractivity contribution in [2.24, 2.45) is 11.8 Å². The molecule has 2 saturated heterocycles. The number of rotatable bonds is 2. The summed E-state index contributed by atoms with van der Waals surface area (Å²) in [6.07, 6.45) is 1.47. The van der Waals surface area contributed by atoms with Crippen molar-refractivity contribution in [2.45, 2.75) is 57.2 Å². The molecule has 0 spiro atoms. The zero-order valence-corrected chi connectivity index (χ0v) is 12.9. The van der Waals surface area contributed by atoms with Crippen LogP contribution in [0.25, 0.3) is 0 Å². The second kappa shape index (κ2) is 4.88. The van der Waals surface area contributed by atoms with E-state index in [2.05, 4.69) is 10.2 Å². The maximum Gasteiger partial charge on any atom is 0.309 e.